The number of nitrogens with zero attached hydrogens (tertiary/aromatic N) is 1. The van der Waals surface area contributed by atoms with Crippen LogP contribution in [-0.4, -0.2) is 134 Å². The second-order valence-electron chi connectivity index (χ2n) is 9.81. The Bertz CT molecular complexity index is 529. The van der Waals surface area contributed by atoms with E-state index in [1.54, 1.807) is 6.92 Å². The first kappa shape index (κ1) is 26.8. The minimum Gasteiger partial charge on any atom is -0.396 e. The molecule has 184 valence electrons. The Labute approximate surface area is 184 Å². The summed E-state index contributed by atoms with van der Waals surface area (Å²) in [6, 6.07) is 0. The lowest BCUT2D eigenvalue weighted by atomic mass is 9.80. The molecule has 0 aromatic heterocycles. The Morgan fingerprint density at radius 2 is 1.65 bits per heavy atom. The van der Waals surface area contributed by atoms with Gasteiger partial charge in [-0.2, -0.15) is 0 Å². The van der Waals surface area contributed by atoms with Gasteiger partial charge in [0.15, 0.2) is 6.29 Å². The summed E-state index contributed by atoms with van der Waals surface area (Å²) in [4.78, 5) is 0. The van der Waals surface area contributed by atoms with Gasteiger partial charge in [0.05, 0.1) is 65.3 Å². The van der Waals surface area contributed by atoms with Crippen molar-refractivity contribution in [2.75, 3.05) is 54.6 Å². The molecule has 2 fully saturated rings. The minimum atomic E-state index is -1.35. The van der Waals surface area contributed by atoms with Crippen molar-refractivity contribution in [3.63, 3.8) is 0 Å². The van der Waals surface area contributed by atoms with Crippen molar-refractivity contribution in [1.82, 2.24) is 0 Å². The maximum absolute atomic E-state index is 11.1. The van der Waals surface area contributed by atoms with E-state index in [2.05, 4.69) is 21.1 Å². The summed E-state index contributed by atoms with van der Waals surface area (Å²) in [6.45, 7) is 2.39. The van der Waals surface area contributed by atoms with E-state index in [1.165, 1.54) is 7.11 Å². The van der Waals surface area contributed by atoms with Crippen LogP contribution in [0.5, 0.6) is 0 Å². The molecule has 0 spiro atoms. The van der Waals surface area contributed by atoms with Crippen LogP contribution in [0.3, 0.4) is 0 Å². The molecule has 31 heavy (non-hydrogen) atoms. The quantitative estimate of drug-likeness (QED) is 0.194. The van der Waals surface area contributed by atoms with Gasteiger partial charge in [0.2, 0.25) is 0 Å². The van der Waals surface area contributed by atoms with Crippen LogP contribution in [0, 0.1) is 11.8 Å². The van der Waals surface area contributed by atoms with Crippen LogP contribution in [0.15, 0.2) is 0 Å². The van der Waals surface area contributed by atoms with Gasteiger partial charge in [0.1, 0.15) is 18.3 Å². The van der Waals surface area contributed by atoms with E-state index < -0.39 is 60.9 Å². The number of methoxy groups -OCH3 is 1. The minimum absolute atomic E-state index is 0.263. The molecular formula is C21H42NO9+. The Kier molecular flexibility index (Phi) is 10.1. The summed E-state index contributed by atoms with van der Waals surface area (Å²) in [5, 5.41) is 51.2. The van der Waals surface area contributed by atoms with E-state index in [9.17, 15) is 25.5 Å². The summed E-state index contributed by atoms with van der Waals surface area (Å²) >= 11 is 0. The van der Waals surface area contributed by atoms with E-state index in [0.717, 1.165) is 17.4 Å². The number of rotatable bonds is 10. The average molecular weight is 453 g/mol. The zero-order valence-corrected chi connectivity index (χ0v) is 19.3. The highest BCUT2D eigenvalue weighted by molar-refractivity contribution is 4.96. The molecule has 10 unspecified atom stereocenters. The van der Waals surface area contributed by atoms with Gasteiger partial charge >= 0.3 is 0 Å². The van der Waals surface area contributed by atoms with Crippen molar-refractivity contribution in [3.8, 4) is 0 Å². The van der Waals surface area contributed by atoms with Gasteiger partial charge in [-0.05, 0) is 6.42 Å². The van der Waals surface area contributed by atoms with Crippen LogP contribution in [0.1, 0.15) is 19.8 Å². The fourth-order valence-electron chi connectivity index (χ4n) is 4.36. The van der Waals surface area contributed by atoms with Gasteiger partial charge in [-0.1, -0.05) is 6.92 Å². The molecule has 10 nitrogen and oxygen atoms in total. The number of hydrogen-bond acceptors (Lipinski definition) is 9. The highest BCUT2D eigenvalue weighted by atomic mass is 16.7. The van der Waals surface area contributed by atoms with Gasteiger partial charge in [0, 0.05) is 32.0 Å². The van der Waals surface area contributed by atoms with E-state index in [0.29, 0.717) is 13.0 Å². The predicted octanol–water partition coefficient (Wildman–Crippen LogP) is -1.68. The van der Waals surface area contributed by atoms with Crippen molar-refractivity contribution in [3.05, 3.63) is 0 Å². The molecule has 1 aliphatic heterocycles. The first-order chi connectivity index (χ1) is 14.5. The molecule has 1 saturated heterocycles. The molecular weight excluding hydrogens is 410 g/mol. The van der Waals surface area contributed by atoms with Crippen LogP contribution < -0.4 is 0 Å². The number of quaternary nitrogens is 1. The lowest BCUT2D eigenvalue weighted by Crippen LogP contribution is -2.61. The van der Waals surface area contributed by atoms with Crippen molar-refractivity contribution >= 4 is 0 Å². The molecule has 10 atom stereocenters. The molecule has 1 aliphatic carbocycles. The van der Waals surface area contributed by atoms with Crippen molar-refractivity contribution < 1.29 is 49.0 Å². The topological polar surface area (TPSA) is 138 Å². The van der Waals surface area contributed by atoms with Crippen LogP contribution >= 0.6 is 0 Å². The molecule has 2 aliphatic rings. The Hall–Kier alpha value is -0.400. The summed E-state index contributed by atoms with van der Waals surface area (Å²) in [5.41, 5.74) is 0. The van der Waals surface area contributed by atoms with Crippen LogP contribution in [0.4, 0.5) is 0 Å². The third-order valence-corrected chi connectivity index (χ3v) is 6.39. The fourth-order valence-corrected chi connectivity index (χ4v) is 4.36. The maximum atomic E-state index is 11.1. The first-order valence-electron chi connectivity index (χ1n) is 11.1. The number of ether oxygens (including phenoxy) is 4. The fraction of sp³-hybridized carbons (Fsp3) is 1.00. The Morgan fingerprint density at radius 3 is 2.19 bits per heavy atom. The lowest BCUT2D eigenvalue weighted by Gasteiger charge is -2.47. The Balaban J connectivity index is 2.09. The third kappa shape index (κ3) is 6.80. The first-order valence-corrected chi connectivity index (χ1v) is 11.1. The van der Waals surface area contributed by atoms with Crippen molar-refractivity contribution in [2.45, 2.75) is 68.8 Å². The van der Waals surface area contributed by atoms with E-state index in [1.807, 2.05) is 0 Å². The molecule has 0 amide bonds. The van der Waals surface area contributed by atoms with Crippen molar-refractivity contribution in [1.29, 1.82) is 0 Å². The van der Waals surface area contributed by atoms with E-state index in [-0.39, 0.29) is 13.2 Å². The SMILES string of the molecule is COC1CC(CO)C(OC2OC(CO)C(C)C(O)C2O)C(O)C1OCCC[N+](C)(C)C. The van der Waals surface area contributed by atoms with Crippen molar-refractivity contribution in [2.24, 2.45) is 11.8 Å². The molecule has 0 radical (unpaired) electrons. The largest absolute Gasteiger partial charge is 0.396 e. The van der Waals surface area contributed by atoms with Crippen LogP contribution in [-0.2, 0) is 18.9 Å². The molecule has 5 N–H and O–H groups in total. The maximum Gasteiger partial charge on any atom is 0.186 e. The third-order valence-electron chi connectivity index (χ3n) is 6.39. The zero-order valence-electron chi connectivity index (χ0n) is 19.3. The Morgan fingerprint density at radius 1 is 0.968 bits per heavy atom. The van der Waals surface area contributed by atoms with Gasteiger partial charge in [-0.3, -0.25) is 0 Å². The highest BCUT2D eigenvalue weighted by Crippen LogP contribution is 2.35. The van der Waals surface area contributed by atoms with Gasteiger partial charge in [-0.25, -0.2) is 0 Å². The summed E-state index contributed by atoms with van der Waals surface area (Å²) in [6.07, 6.45) is -6.44. The second kappa shape index (κ2) is 11.6. The molecule has 1 saturated carbocycles. The summed E-state index contributed by atoms with van der Waals surface area (Å²) in [5.74, 6) is -0.967. The van der Waals surface area contributed by atoms with Crippen LogP contribution in [0.25, 0.3) is 0 Å². The molecule has 0 bridgehead atoms. The highest BCUT2D eigenvalue weighted by Gasteiger charge is 2.50. The monoisotopic (exact) mass is 452 g/mol. The molecule has 0 aromatic rings. The second-order valence-corrected chi connectivity index (χ2v) is 9.81. The standard InChI is InChI=1S/C21H42NO9/c1-12-15(11-24)30-21(17(26)16(12)25)31-19-13(10-23)9-14(28-5)20(18(19)27)29-8-6-7-22(2,3)4/h12-21,23-27H,6-11H2,1-5H3/q+1. The number of hydrogen-bond donors (Lipinski definition) is 5. The summed E-state index contributed by atoms with van der Waals surface area (Å²) < 4.78 is 23.8. The average Bonchev–Trinajstić information content (AvgIpc) is 2.72. The smallest absolute Gasteiger partial charge is 0.186 e. The van der Waals surface area contributed by atoms with Gasteiger partial charge < -0.3 is 49.0 Å². The van der Waals surface area contributed by atoms with Crippen LogP contribution in [0.2, 0.25) is 0 Å². The number of aliphatic hydroxyl groups is 5. The molecule has 0 aromatic carbocycles. The lowest BCUT2D eigenvalue weighted by molar-refractivity contribution is -0.870. The molecule has 10 heteroatoms. The summed E-state index contributed by atoms with van der Waals surface area (Å²) in [7, 11) is 7.81. The molecule has 1 heterocycles. The number of aliphatic hydroxyl groups excluding tert-OH is 5. The van der Waals surface area contributed by atoms with E-state index >= 15 is 0 Å². The normalized spacial score (nSPS) is 42.0. The van der Waals surface area contributed by atoms with E-state index in [4.69, 9.17) is 18.9 Å². The van der Waals surface area contributed by atoms with Gasteiger partial charge in [0.25, 0.3) is 0 Å². The predicted molar refractivity (Wildman–Crippen MR) is 111 cm³/mol. The zero-order chi connectivity index (χ0) is 23.3. The molecule has 2 rings (SSSR count). The van der Waals surface area contributed by atoms with Gasteiger partial charge in [-0.15, -0.1) is 0 Å².